The van der Waals surface area contributed by atoms with Gasteiger partial charge < -0.3 is 15.2 Å². The molecule has 0 radical (unpaired) electrons. The second kappa shape index (κ2) is 4.33. The van der Waals surface area contributed by atoms with Crippen molar-refractivity contribution < 1.29 is 0 Å². The van der Waals surface area contributed by atoms with E-state index < -0.39 is 0 Å². The normalized spacial score (nSPS) is 18.0. The molecule has 1 aromatic carbocycles. The molecule has 0 bridgehead atoms. The monoisotopic (exact) mass is 243 g/mol. The van der Waals surface area contributed by atoms with Gasteiger partial charge in [-0.3, -0.25) is 0 Å². The summed E-state index contributed by atoms with van der Waals surface area (Å²) in [5.41, 5.74) is 2.59. The summed E-state index contributed by atoms with van der Waals surface area (Å²) < 4.78 is 2.03. The van der Waals surface area contributed by atoms with Crippen LogP contribution in [0.5, 0.6) is 0 Å². The fourth-order valence-corrected chi connectivity index (χ4v) is 2.54. The third-order valence-corrected chi connectivity index (χ3v) is 3.52. The molecule has 1 aliphatic rings. The van der Waals surface area contributed by atoms with Crippen LogP contribution in [0.25, 0.3) is 0 Å². The molecule has 18 heavy (non-hydrogen) atoms. The summed E-state index contributed by atoms with van der Waals surface area (Å²) in [6.07, 6.45) is 1.01. The molecule has 1 unspecified atom stereocenters. The Labute approximate surface area is 106 Å². The van der Waals surface area contributed by atoms with Gasteiger partial charge in [-0.25, -0.2) is 0 Å². The second-order valence-corrected chi connectivity index (χ2v) is 4.63. The van der Waals surface area contributed by atoms with E-state index in [1.54, 1.807) is 0 Å². The lowest BCUT2D eigenvalue weighted by molar-refractivity contribution is 0.617. The number of benzene rings is 1. The van der Waals surface area contributed by atoms with Gasteiger partial charge in [-0.1, -0.05) is 18.2 Å². The van der Waals surface area contributed by atoms with Crippen LogP contribution in [0.2, 0.25) is 0 Å². The van der Waals surface area contributed by atoms with Crippen molar-refractivity contribution in [3.8, 4) is 0 Å². The van der Waals surface area contributed by atoms with Gasteiger partial charge in [0.2, 0.25) is 5.95 Å². The van der Waals surface area contributed by atoms with Gasteiger partial charge in [0, 0.05) is 32.2 Å². The van der Waals surface area contributed by atoms with E-state index in [1.165, 1.54) is 11.3 Å². The summed E-state index contributed by atoms with van der Waals surface area (Å²) in [6, 6.07) is 8.44. The van der Waals surface area contributed by atoms with Crippen LogP contribution in [0.15, 0.2) is 24.3 Å². The number of hydrogen-bond donors (Lipinski definition) is 2. The molecular formula is C13H17N5. The maximum atomic E-state index is 4.29. The van der Waals surface area contributed by atoms with Crippen molar-refractivity contribution in [1.82, 2.24) is 14.8 Å². The molecule has 0 saturated carbocycles. The highest BCUT2D eigenvalue weighted by molar-refractivity contribution is 5.54. The number of hydrogen-bond acceptors (Lipinski definition) is 4. The van der Waals surface area contributed by atoms with Crippen LogP contribution >= 0.6 is 0 Å². The van der Waals surface area contributed by atoms with Gasteiger partial charge in [0.25, 0.3) is 0 Å². The van der Waals surface area contributed by atoms with Crippen molar-refractivity contribution in [3.63, 3.8) is 0 Å². The molecule has 0 amide bonds. The highest BCUT2D eigenvalue weighted by Gasteiger charge is 2.24. The van der Waals surface area contributed by atoms with Crippen LogP contribution in [-0.2, 0) is 13.5 Å². The minimum Gasteiger partial charge on any atom is -0.384 e. The zero-order valence-corrected chi connectivity index (χ0v) is 10.6. The van der Waals surface area contributed by atoms with Crippen molar-refractivity contribution in [3.05, 3.63) is 35.7 Å². The third-order valence-electron chi connectivity index (χ3n) is 3.52. The lowest BCUT2D eigenvalue weighted by Crippen LogP contribution is -2.24. The average Bonchev–Trinajstić information content (AvgIpc) is 2.79. The topological polar surface area (TPSA) is 54.8 Å². The zero-order valence-electron chi connectivity index (χ0n) is 10.6. The smallest absolute Gasteiger partial charge is 0.224 e. The number of anilines is 2. The highest BCUT2D eigenvalue weighted by Crippen LogP contribution is 2.29. The van der Waals surface area contributed by atoms with E-state index in [2.05, 4.69) is 45.1 Å². The van der Waals surface area contributed by atoms with Crippen LogP contribution in [0.4, 0.5) is 11.6 Å². The van der Waals surface area contributed by atoms with E-state index in [4.69, 9.17) is 0 Å². The van der Waals surface area contributed by atoms with E-state index in [0.717, 1.165) is 24.7 Å². The van der Waals surface area contributed by atoms with E-state index in [0.29, 0.717) is 5.92 Å². The molecule has 94 valence electrons. The molecule has 0 fully saturated rings. The molecule has 2 heterocycles. The summed E-state index contributed by atoms with van der Waals surface area (Å²) in [5.74, 6) is 2.21. The van der Waals surface area contributed by atoms with Crippen LogP contribution in [0.3, 0.4) is 0 Å². The first kappa shape index (κ1) is 11.1. The van der Waals surface area contributed by atoms with E-state index in [1.807, 2.05) is 18.7 Å². The second-order valence-electron chi connectivity index (χ2n) is 4.63. The fraction of sp³-hybridized carbons (Fsp3) is 0.385. The minimum atomic E-state index is 0.375. The summed E-state index contributed by atoms with van der Waals surface area (Å²) in [5, 5.41) is 14.9. The Morgan fingerprint density at radius 2 is 2.17 bits per heavy atom. The molecule has 0 aliphatic carbocycles. The molecule has 1 aromatic heterocycles. The van der Waals surface area contributed by atoms with Crippen molar-refractivity contribution in [2.75, 3.05) is 24.2 Å². The van der Waals surface area contributed by atoms with Crippen molar-refractivity contribution >= 4 is 11.6 Å². The highest BCUT2D eigenvalue weighted by atomic mass is 15.3. The number of rotatable bonds is 2. The predicted molar refractivity (Wildman–Crippen MR) is 71.9 cm³/mol. The van der Waals surface area contributed by atoms with Crippen molar-refractivity contribution in [2.24, 2.45) is 7.05 Å². The van der Waals surface area contributed by atoms with Crippen LogP contribution in [0.1, 0.15) is 17.3 Å². The zero-order chi connectivity index (χ0) is 12.5. The molecule has 5 nitrogen and oxygen atoms in total. The number of nitrogens with zero attached hydrogens (tertiary/aromatic N) is 3. The summed E-state index contributed by atoms with van der Waals surface area (Å²) in [7, 11) is 3.86. The van der Waals surface area contributed by atoms with E-state index in [9.17, 15) is 0 Å². The first-order chi connectivity index (χ1) is 8.79. The Bertz CT molecular complexity index is 560. The number of aromatic nitrogens is 3. The number of para-hydroxylation sites is 1. The van der Waals surface area contributed by atoms with Crippen molar-refractivity contribution in [1.29, 1.82) is 0 Å². The Morgan fingerprint density at radius 3 is 2.94 bits per heavy atom. The average molecular weight is 243 g/mol. The molecule has 1 atom stereocenters. The molecular weight excluding hydrogens is 226 g/mol. The molecule has 2 aromatic rings. The fourth-order valence-electron chi connectivity index (χ4n) is 2.54. The summed E-state index contributed by atoms with van der Waals surface area (Å²) >= 11 is 0. The van der Waals surface area contributed by atoms with Gasteiger partial charge in [0.05, 0.1) is 0 Å². The molecule has 0 saturated heterocycles. The number of nitrogens with one attached hydrogen (secondary N) is 2. The number of fused-ring (bicyclic) bond motifs is 1. The van der Waals surface area contributed by atoms with Gasteiger partial charge in [-0.15, -0.1) is 10.2 Å². The van der Waals surface area contributed by atoms with Gasteiger partial charge in [0.15, 0.2) is 0 Å². The Kier molecular flexibility index (Phi) is 2.66. The lowest BCUT2D eigenvalue weighted by atomic mass is 9.93. The first-order valence-corrected chi connectivity index (χ1v) is 6.18. The van der Waals surface area contributed by atoms with Gasteiger partial charge >= 0.3 is 0 Å². The molecule has 5 heteroatoms. The van der Waals surface area contributed by atoms with Crippen LogP contribution in [0, 0.1) is 0 Å². The van der Waals surface area contributed by atoms with Gasteiger partial charge in [-0.05, 0) is 18.1 Å². The predicted octanol–water partition coefficient (Wildman–Crippen LogP) is 1.61. The Hall–Kier alpha value is -2.04. The lowest BCUT2D eigenvalue weighted by Gasteiger charge is -2.25. The van der Waals surface area contributed by atoms with Crippen LogP contribution < -0.4 is 10.6 Å². The largest absolute Gasteiger partial charge is 0.384 e. The van der Waals surface area contributed by atoms with E-state index >= 15 is 0 Å². The molecule has 1 aliphatic heterocycles. The Balaban J connectivity index is 1.89. The maximum absolute atomic E-state index is 4.29. The SMILES string of the molecule is CNc1nnc(C2CNc3ccccc3C2)n1C. The first-order valence-electron chi connectivity index (χ1n) is 6.18. The summed E-state index contributed by atoms with van der Waals surface area (Å²) in [6.45, 7) is 0.909. The van der Waals surface area contributed by atoms with Crippen LogP contribution in [-0.4, -0.2) is 28.4 Å². The molecule has 0 spiro atoms. The standard InChI is InChI=1S/C13H17N5/c1-14-13-17-16-12(18(13)2)10-7-9-5-3-4-6-11(9)15-8-10/h3-6,10,15H,7-8H2,1-2H3,(H,14,17). The molecule has 2 N–H and O–H groups in total. The Morgan fingerprint density at radius 1 is 1.33 bits per heavy atom. The van der Waals surface area contributed by atoms with Crippen molar-refractivity contribution in [2.45, 2.75) is 12.3 Å². The van der Waals surface area contributed by atoms with Gasteiger partial charge in [-0.2, -0.15) is 0 Å². The molecule has 3 rings (SSSR count). The quantitative estimate of drug-likeness (QED) is 0.841. The maximum Gasteiger partial charge on any atom is 0.224 e. The minimum absolute atomic E-state index is 0.375. The summed E-state index contributed by atoms with van der Waals surface area (Å²) in [4.78, 5) is 0. The third kappa shape index (κ3) is 1.72. The van der Waals surface area contributed by atoms with E-state index in [-0.39, 0.29) is 0 Å². The van der Waals surface area contributed by atoms with Gasteiger partial charge in [0.1, 0.15) is 5.82 Å².